The van der Waals surface area contributed by atoms with Crippen molar-refractivity contribution in [1.29, 1.82) is 0 Å². The highest BCUT2D eigenvalue weighted by Crippen LogP contribution is 2.20. The van der Waals surface area contributed by atoms with Gasteiger partial charge in [-0.1, -0.05) is 18.2 Å². The maximum absolute atomic E-state index is 13.9. The van der Waals surface area contributed by atoms with E-state index < -0.39 is 11.7 Å². The SMILES string of the molecule is O=C(Nc1ccccn1)c1cccc(NC(=O)c2cc(F)cc3cccnc23)c1. The van der Waals surface area contributed by atoms with Crippen LogP contribution in [0, 0.1) is 5.82 Å². The van der Waals surface area contributed by atoms with Crippen LogP contribution in [0.15, 0.2) is 79.1 Å². The molecule has 2 N–H and O–H groups in total. The lowest BCUT2D eigenvalue weighted by molar-refractivity contribution is 0.101. The van der Waals surface area contributed by atoms with Crippen molar-refractivity contribution in [3.05, 3.63) is 96.1 Å². The van der Waals surface area contributed by atoms with Crippen LogP contribution in [0.25, 0.3) is 10.9 Å². The zero-order valence-corrected chi connectivity index (χ0v) is 15.1. The smallest absolute Gasteiger partial charge is 0.257 e. The molecule has 2 aromatic heterocycles. The Kier molecular flexibility index (Phi) is 4.94. The third kappa shape index (κ3) is 4.08. The van der Waals surface area contributed by atoms with Crippen LogP contribution in [-0.4, -0.2) is 21.8 Å². The van der Waals surface area contributed by atoms with E-state index >= 15 is 0 Å². The molecule has 0 atom stereocenters. The van der Waals surface area contributed by atoms with E-state index in [2.05, 4.69) is 20.6 Å². The van der Waals surface area contributed by atoms with Gasteiger partial charge in [0.25, 0.3) is 11.8 Å². The molecule has 0 unspecified atom stereocenters. The van der Waals surface area contributed by atoms with E-state index in [1.165, 1.54) is 12.1 Å². The minimum atomic E-state index is -0.529. The standard InChI is InChI=1S/C22H15FN4O2/c23-16-11-14-6-4-10-25-20(14)18(13-16)22(29)26-17-7-3-5-15(12-17)21(28)27-19-8-1-2-9-24-19/h1-13H,(H,26,29)(H,24,27,28). The van der Waals surface area contributed by atoms with Gasteiger partial charge in [-0.25, -0.2) is 9.37 Å². The quantitative estimate of drug-likeness (QED) is 0.549. The fourth-order valence-corrected chi connectivity index (χ4v) is 2.89. The fraction of sp³-hybridized carbons (Fsp3) is 0. The van der Waals surface area contributed by atoms with E-state index in [0.717, 1.165) is 6.07 Å². The topological polar surface area (TPSA) is 84.0 Å². The first-order valence-corrected chi connectivity index (χ1v) is 8.78. The largest absolute Gasteiger partial charge is 0.322 e. The van der Waals surface area contributed by atoms with Gasteiger partial charge in [0, 0.05) is 29.0 Å². The van der Waals surface area contributed by atoms with Crippen molar-refractivity contribution in [2.75, 3.05) is 10.6 Å². The van der Waals surface area contributed by atoms with Crippen molar-refractivity contribution in [3.63, 3.8) is 0 Å². The monoisotopic (exact) mass is 386 g/mol. The van der Waals surface area contributed by atoms with Gasteiger partial charge < -0.3 is 10.6 Å². The normalized spacial score (nSPS) is 10.5. The molecule has 7 heteroatoms. The maximum atomic E-state index is 13.9. The molecule has 0 saturated heterocycles. The second-order valence-electron chi connectivity index (χ2n) is 6.23. The zero-order chi connectivity index (χ0) is 20.2. The minimum absolute atomic E-state index is 0.115. The minimum Gasteiger partial charge on any atom is -0.322 e. The van der Waals surface area contributed by atoms with Crippen LogP contribution in [0.1, 0.15) is 20.7 Å². The van der Waals surface area contributed by atoms with E-state index in [9.17, 15) is 14.0 Å². The third-order valence-electron chi connectivity index (χ3n) is 4.20. The highest BCUT2D eigenvalue weighted by atomic mass is 19.1. The van der Waals surface area contributed by atoms with Gasteiger partial charge in [-0.15, -0.1) is 0 Å². The van der Waals surface area contributed by atoms with Crippen LogP contribution in [0.4, 0.5) is 15.9 Å². The highest BCUT2D eigenvalue weighted by molar-refractivity contribution is 6.12. The summed E-state index contributed by atoms with van der Waals surface area (Å²) in [4.78, 5) is 33.4. The molecule has 2 amide bonds. The number of amides is 2. The number of carbonyl (C=O) groups is 2. The number of anilines is 2. The van der Waals surface area contributed by atoms with Gasteiger partial charge in [0.1, 0.15) is 11.6 Å². The Labute approximate surface area is 165 Å². The summed E-state index contributed by atoms with van der Waals surface area (Å²) in [6, 6.07) is 17.4. The molecular formula is C22H15FN4O2. The number of hydrogen-bond donors (Lipinski definition) is 2. The molecule has 0 fully saturated rings. The summed E-state index contributed by atoms with van der Waals surface area (Å²) < 4.78 is 13.9. The second-order valence-corrected chi connectivity index (χ2v) is 6.23. The molecule has 0 aliphatic rings. The molecular weight excluding hydrogens is 371 g/mol. The van der Waals surface area contributed by atoms with Gasteiger partial charge in [-0.05, 0) is 48.5 Å². The van der Waals surface area contributed by atoms with Gasteiger partial charge in [-0.2, -0.15) is 0 Å². The van der Waals surface area contributed by atoms with Crippen molar-refractivity contribution in [2.24, 2.45) is 0 Å². The predicted octanol–water partition coefficient (Wildman–Crippen LogP) is 4.27. The summed E-state index contributed by atoms with van der Waals surface area (Å²) in [6.07, 6.45) is 3.11. The Bertz CT molecular complexity index is 1210. The number of nitrogens with one attached hydrogen (secondary N) is 2. The summed E-state index contributed by atoms with van der Waals surface area (Å²) in [5, 5.41) is 5.90. The maximum Gasteiger partial charge on any atom is 0.257 e. The first-order chi connectivity index (χ1) is 14.1. The summed E-state index contributed by atoms with van der Waals surface area (Å²) in [5.74, 6) is -0.989. The average molecular weight is 386 g/mol. The molecule has 0 aliphatic carbocycles. The van der Waals surface area contributed by atoms with Gasteiger partial charge >= 0.3 is 0 Å². The van der Waals surface area contributed by atoms with Gasteiger partial charge in [-0.3, -0.25) is 14.6 Å². The van der Waals surface area contributed by atoms with Crippen LogP contribution < -0.4 is 10.6 Å². The van der Waals surface area contributed by atoms with Gasteiger partial charge in [0.15, 0.2) is 0 Å². The lowest BCUT2D eigenvalue weighted by atomic mass is 10.1. The number of pyridine rings is 2. The van der Waals surface area contributed by atoms with E-state index in [4.69, 9.17) is 0 Å². The number of carbonyl (C=O) groups excluding carboxylic acids is 2. The highest BCUT2D eigenvalue weighted by Gasteiger charge is 2.14. The molecule has 6 nitrogen and oxygen atoms in total. The van der Waals surface area contributed by atoms with Crippen molar-refractivity contribution >= 4 is 34.2 Å². The molecule has 2 aromatic carbocycles. The van der Waals surface area contributed by atoms with Crippen molar-refractivity contribution in [3.8, 4) is 0 Å². The van der Waals surface area contributed by atoms with Crippen LogP contribution in [0.5, 0.6) is 0 Å². The van der Waals surface area contributed by atoms with Crippen molar-refractivity contribution in [1.82, 2.24) is 9.97 Å². The Morgan fingerprint density at radius 1 is 0.793 bits per heavy atom. The number of hydrogen-bond acceptors (Lipinski definition) is 4. The van der Waals surface area contributed by atoms with Crippen molar-refractivity contribution < 1.29 is 14.0 Å². The lowest BCUT2D eigenvalue weighted by Gasteiger charge is -2.10. The van der Waals surface area contributed by atoms with Gasteiger partial charge in [0.2, 0.25) is 0 Å². The number of nitrogens with zero attached hydrogens (tertiary/aromatic N) is 2. The van der Waals surface area contributed by atoms with Crippen LogP contribution in [-0.2, 0) is 0 Å². The number of rotatable bonds is 4. The molecule has 4 aromatic rings. The van der Waals surface area contributed by atoms with E-state index in [-0.39, 0.29) is 11.5 Å². The summed E-state index contributed by atoms with van der Waals surface area (Å²) >= 11 is 0. The van der Waals surface area contributed by atoms with E-state index in [1.54, 1.807) is 60.9 Å². The molecule has 0 saturated carbocycles. The Hall–Kier alpha value is -4.13. The van der Waals surface area contributed by atoms with E-state index in [1.807, 2.05) is 0 Å². The molecule has 142 valence electrons. The summed E-state index contributed by atoms with van der Waals surface area (Å²) in [5.41, 5.74) is 1.26. The predicted molar refractivity (Wildman–Crippen MR) is 108 cm³/mol. The third-order valence-corrected chi connectivity index (χ3v) is 4.20. The molecule has 0 bridgehead atoms. The number of benzene rings is 2. The molecule has 4 rings (SSSR count). The van der Waals surface area contributed by atoms with Crippen LogP contribution >= 0.6 is 0 Å². The zero-order valence-electron chi connectivity index (χ0n) is 15.1. The first kappa shape index (κ1) is 18.2. The summed E-state index contributed by atoms with van der Waals surface area (Å²) in [7, 11) is 0. The van der Waals surface area contributed by atoms with Crippen LogP contribution in [0.2, 0.25) is 0 Å². The molecule has 2 heterocycles. The Morgan fingerprint density at radius 3 is 2.48 bits per heavy atom. The first-order valence-electron chi connectivity index (χ1n) is 8.78. The second kappa shape index (κ2) is 7.85. The van der Waals surface area contributed by atoms with E-state index in [0.29, 0.717) is 28.0 Å². The molecule has 0 aliphatic heterocycles. The number of aromatic nitrogens is 2. The molecule has 0 spiro atoms. The summed E-state index contributed by atoms with van der Waals surface area (Å²) in [6.45, 7) is 0. The number of halogens is 1. The Morgan fingerprint density at radius 2 is 1.66 bits per heavy atom. The lowest BCUT2D eigenvalue weighted by Crippen LogP contribution is -2.15. The molecule has 29 heavy (non-hydrogen) atoms. The van der Waals surface area contributed by atoms with Crippen molar-refractivity contribution in [2.45, 2.75) is 0 Å². The number of fused-ring (bicyclic) bond motifs is 1. The average Bonchev–Trinajstić information content (AvgIpc) is 2.74. The fourth-order valence-electron chi connectivity index (χ4n) is 2.89. The van der Waals surface area contributed by atoms with Gasteiger partial charge in [0.05, 0.1) is 11.1 Å². The van der Waals surface area contributed by atoms with Crippen LogP contribution in [0.3, 0.4) is 0 Å². The Balaban J connectivity index is 1.57. The molecule has 0 radical (unpaired) electrons.